The summed E-state index contributed by atoms with van der Waals surface area (Å²) in [6.45, 7) is 0. The van der Waals surface area contributed by atoms with Crippen LogP contribution in [0.1, 0.15) is 5.56 Å². The van der Waals surface area contributed by atoms with Gasteiger partial charge in [0.05, 0.1) is 6.42 Å². The summed E-state index contributed by atoms with van der Waals surface area (Å²) < 4.78 is 0.906. The number of amides is 1. The fourth-order valence-corrected chi connectivity index (χ4v) is 1.53. The van der Waals surface area contributed by atoms with Crippen LogP contribution in [0.4, 0.5) is 5.69 Å². The van der Waals surface area contributed by atoms with E-state index in [0.717, 1.165) is 15.0 Å². The Balaban J connectivity index is 2.51. The number of fused-ring (bicyclic) bond motifs is 1. The van der Waals surface area contributed by atoms with E-state index in [1.165, 1.54) is 0 Å². The van der Waals surface area contributed by atoms with Gasteiger partial charge in [0.15, 0.2) is 0 Å². The number of hydrogen-bond donors (Lipinski definition) is 1. The number of aromatic nitrogens is 1. The van der Waals surface area contributed by atoms with E-state index < -0.39 is 0 Å². The van der Waals surface area contributed by atoms with Crippen LogP contribution in [0.5, 0.6) is 0 Å². The Morgan fingerprint density at radius 3 is 3.27 bits per heavy atom. The molecule has 1 aliphatic rings. The standard InChI is InChI=1S/C7H5IN2O/c8-6-2-5-4(3-9-6)1-7(11)10-5/h2-3H,1H2,(H,10,11). The number of nitrogens with zero attached hydrogens (tertiary/aromatic N) is 1. The number of nitrogens with one attached hydrogen (secondary N) is 1. The van der Waals surface area contributed by atoms with Crippen molar-refractivity contribution in [1.82, 2.24) is 4.98 Å². The molecule has 1 aromatic rings. The highest BCUT2D eigenvalue weighted by Gasteiger charge is 2.17. The molecule has 0 bridgehead atoms. The highest BCUT2D eigenvalue weighted by molar-refractivity contribution is 14.1. The molecule has 1 aliphatic heterocycles. The van der Waals surface area contributed by atoms with Crippen molar-refractivity contribution in [2.45, 2.75) is 6.42 Å². The molecule has 11 heavy (non-hydrogen) atoms. The first kappa shape index (κ1) is 7.02. The van der Waals surface area contributed by atoms with Crippen molar-refractivity contribution < 1.29 is 4.79 Å². The number of halogens is 1. The molecule has 4 heteroatoms. The second kappa shape index (κ2) is 2.44. The van der Waals surface area contributed by atoms with Gasteiger partial charge in [0, 0.05) is 17.4 Å². The van der Waals surface area contributed by atoms with Gasteiger partial charge in [0.25, 0.3) is 0 Å². The second-order valence-corrected chi connectivity index (χ2v) is 3.49. The monoisotopic (exact) mass is 260 g/mol. The van der Waals surface area contributed by atoms with Crippen LogP contribution in [0.3, 0.4) is 0 Å². The van der Waals surface area contributed by atoms with E-state index >= 15 is 0 Å². The molecule has 0 fully saturated rings. The van der Waals surface area contributed by atoms with Crippen molar-refractivity contribution >= 4 is 34.2 Å². The molecule has 2 heterocycles. The summed E-state index contributed by atoms with van der Waals surface area (Å²) >= 11 is 2.12. The number of anilines is 1. The average molecular weight is 260 g/mol. The minimum absolute atomic E-state index is 0.0591. The van der Waals surface area contributed by atoms with E-state index in [1.807, 2.05) is 6.07 Å². The smallest absolute Gasteiger partial charge is 0.228 e. The van der Waals surface area contributed by atoms with Crippen LogP contribution in [0, 0.1) is 3.70 Å². The maximum Gasteiger partial charge on any atom is 0.228 e. The Morgan fingerprint density at radius 2 is 2.45 bits per heavy atom. The molecule has 56 valence electrons. The molecular formula is C7H5IN2O. The van der Waals surface area contributed by atoms with Gasteiger partial charge in [-0.1, -0.05) is 0 Å². The SMILES string of the molecule is O=C1Cc2cnc(I)cc2N1. The lowest BCUT2D eigenvalue weighted by Crippen LogP contribution is -2.03. The zero-order chi connectivity index (χ0) is 7.84. The topological polar surface area (TPSA) is 42.0 Å². The number of hydrogen-bond acceptors (Lipinski definition) is 2. The lowest BCUT2D eigenvalue weighted by molar-refractivity contribution is -0.115. The summed E-state index contributed by atoms with van der Waals surface area (Å²) in [6.07, 6.45) is 2.22. The fourth-order valence-electron chi connectivity index (χ4n) is 1.08. The number of carbonyl (C=O) groups excluding carboxylic acids is 1. The molecule has 3 nitrogen and oxygen atoms in total. The van der Waals surface area contributed by atoms with Crippen LogP contribution in [-0.4, -0.2) is 10.9 Å². The van der Waals surface area contributed by atoms with Gasteiger partial charge in [-0.3, -0.25) is 4.79 Å². The first-order valence-corrected chi connectivity index (χ1v) is 4.28. The maximum absolute atomic E-state index is 10.9. The van der Waals surface area contributed by atoms with E-state index in [0.29, 0.717) is 6.42 Å². The first-order valence-electron chi connectivity index (χ1n) is 3.20. The normalized spacial score (nSPS) is 14.5. The summed E-state index contributed by atoms with van der Waals surface area (Å²) in [5.41, 5.74) is 1.91. The van der Waals surface area contributed by atoms with Gasteiger partial charge in [-0.05, 0) is 28.7 Å². The summed E-state index contributed by atoms with van der Waals surface area (Å²) in [6, 6.07) is 1.88. The highest BCUT2D eigenvalue weighted by Crippen LogP contribution is 2.22. The third-order valence-corrected chi connectivity index (χ3v) is 2.17. The Kier molecular flexibility index (Phi) is 1.56. The number of pyridine rings is 1. The zero-order valence-electron chi connectivity index (χ0n) is 5.60. The molecule has 0 spiro atoms. The molecule has 1 amide bonds. The van der Waals surface area contributed by atoms with Crippen LogP contribution in [0.15, 0.2) is 12.3 Å². The third kappa shape index (κ3) is 1.22. The van der Waals surface area contributed by atoms with E-state index in [9.17, 15) is 4.79 Å². The fraction of sp³-hybridized carbons (Fsp3) is 0.143. The van der Waals surface area contributed by atoms with Crippen LogP contribution in [0.25, 0.3) is 0 Å². The van der Waals surface area contributed by atoms with Crippen molar-refractivity contribution in [2.75, 3.05) is 5.32 Å². The number of rotatable bonds is 0. The van der Waals surface area contributed by atoms with E-state index in [2.05, 4.69) is 32.9 Å². The predicted molar refractivity (Wildman–Crippen MR) is 49.3 cm³/mol. The summed E-state index contributed by atoms with van der Waals surface area (Å²) in [5, 5.41) is 2.75. The molecular weight excluding hydrogens is 255 g/mol. The quantitative estimate of drug-likeness (QED) is 0.562. The maximum atomic E-state index is 10.9. The molecule has 0 aromatic carbocycles. The molecule has 1 aromatic heterocycles. The Hall–Kier alpha value is -0.650. The van der Waals surface area contributed by atoms with Gasteiger partial charge >= 0.3 is 0 Å². The minimum atomic E-state index is 0.0591. The molecule has 1 N–H and O–H groups in total. The lowest BCUT2D eigenvalue weighted by Gasteiger charge is -1.95. The minimum Gasteiger partial charge on any atom is -0.325 e. The second-order valence-electron chi connectivity index (χ2n) is 2.39. The molecule has 0 radical (unpaired) electrons. The summed E-state index contributed by atoms with van der Waals surface area (Å²) in [4.78, 5) is 14.9. The molecule has 0 atom stereocenters. The average Bonchev–Trinajstić information content (AvgIpc) is 2.27. The number of carbonyl (C=O) groups is 1. The highest BCUT2D eigenvalue weighted by atomic mass is 127. The van der Waals surface area contributed by atoms with Crippen molar-refractivity contribution in [1.29, 1.82) is 0 Å². The molecule has 0 saturated carbocycles. The summed E-state index contributed by atoms with van der Waals surface area (Å²) in [7, 11) is 0. The van der Waals surface area contributed by atoms with Gasteiger partial charge < -0.3 is 5.32 Å². The van der Waals surface area contributed by atoms with Crippen LogP contribution < -0.4 is 5.32 Å². The van der Waals surface area contributed by atoms with Crippen molar-refractivity contribution in [3.05, 3.63) is 21.5 Å². The van der Waals surface area contributed by atoms with Gasteiger partial charge in [-0.2, -0.15) is 0 Å². The van der Waals surface area contributed by atoms with Crippen molar-refractivity contribution in [2.24, 2.45) is 0 Å². The third-order valence-electron chi connectivity index (χ3n) is 1.58. The lowest BCUT2D eigenvalue weighted by atomic mass is 10.2. The first-order chi connectivity index (χ1) is 5.25. The predicted octanol–water partition coefficient (Wildman–Crippen LogP) is 1.18. The van der Waals surface area contributed by atoms with E-state index in [1.54, 1.807) is 6.20 Å². The van der Waals surface area contributed by atoms with Crippen LogP contribution >= 0.6 is 22.6 Å². The van der Waals surface area contributed by atoms with Gasteiger partial charge in [0.1, 0.15) is 3.70 Å². The van der Waals surface area contributed by atoms with Crippen LogP contribution in [0.2, 0.25) is 0 Å². The molecule has 0 unspecified atom stereocenters. The Morgan fingerprint density at radius 1 is 1.64 bits per heavy atom. The van der Waals surface area contributed by atoms with E-state index in [4.69, 9.17) is 0 Å². The van der Waals surface area contributed by atoms with E-state index in [-0.39, 0.29) is 5.91 Å². The van der Waals surface area contributed by atoms with Gasteiger partial charge in [-0.15, -0.1) is 0 Å². The van der Waals surface area contributed by atoms with Crippen molar-refractivity contribution in [3.63, 3.8) is 0 Å². The zero-order valence-corrected chi connectivity index (χ0v) is 7.75. The largest absolute Gasteiger partial charge is 0.325 e. The van der Waals surface area contributed by atoms with Crippen LogP contribution in [-0.2, 0) is 11.2 Å². The molecule has 0 aliphatic carbocycles. The van der Waals surface area contributed by atoms with Gasteiger partial charge in [0.2, 0.25) is 5.91 Å². The van der Waals surface area contributed by atoms with Gasteiger partial charge in [-0.25, -0.2) is 4.98 Å². The summed E-state index contributed by atoms with van der Waals surface area (Å²) in [5.74, 6) is 0.0591. The molecule has 0 saturated heterocycles. The van der Waals surface area contributed by atoms with Crippen molar-refractivity contribution in [3.8, 4) is 0 Å². The Labute approximate surface area is 77.3 Å². The molecule has 2 rings (SSSR count). The Bertz CT molecular complexity index is 324.